The summed E-state index contributed by atoms with van der Waals surface area (Å²) < 4.78 is 1.93. The highest BCUT2D eigenvalue weighted by Crippen LogP contribution is 2.13. The van der Waals surface area contributed by atoms with Gasteiger partial charge in [0.1, 0.15) is 5.82 Å². The van der Waals surface area contributed by atoms with Crippen molar-refractivity contribution in [3.63, 3.8) is 0 Å². The van der Waals surface area contributed by atoms with E-state index in [0.717, 1.165) is 30.3 Å². The van der Waals surface area contributed by atoms with Crippen molar-refractivity contribution in [3.8, 4) is 0 Å². The molecule has 0 atom stereocenters. The number of hydrogen-bond acceptors (Lipinski definition) is 4. The van der Waals surface area contributed by atoms with Gasteiger partial charge in [0.05, 0.1) is 0 Å². The summed E-state index contributed by atoms with van der Waals surface area (Å²) >= 11 is 0. The Balaban J connectivity index is 1.73. The van der Waals surface area contributed by atoms with Crippen LogP contribution in [0, 0.1) is 13.8 Å². The first-order chi connectivity index (χ1) is 9.75. The summed E-state index contributed by atoms with van der Waals surface area (Å²) in [4.78, 5) is 4.34. The zero-order chi connectivity index (χ0) is 13.9. The lowest BCUT2D eigenvalue weighted by Crippen LogP contribution is -2.08. The van der Waals surface area contributed by atoms with E-state index >= 15 is 0 Å². The number of fused-ring (bicyclic) bond motifs is 1. The Kier molecular flexibility index (Phi) is 3.33. The number of aryl methyl sites for hydroxylation is 2. The molecule has 5 nitrogen and oxygen atoms in total. The predicted molar refractivity (Wildman–Crippen MR) is 78.9 cm³/mol. The summed E-state index contributed by atoms with van der Waals surface area (Å²) in [6, 6.07) is 8.43. The van der Waals surface area contributed by atoms with E-state index in [1.807, 2.05) is 17.5 Å². The van der Waals surface area contributed by atoms with Crippen LogP contribution in [0.1, 0.15) is 17.0 Å². The minimum Gasteiger partial charge on any atom is -0.367 e. The van der Waals surface area contributed by atoms with Gasteiger partial charge in [-0.2, -0.15) is 0 Å². The molecule has 0 amide bonds. The molecule has 0 saturated heterocycles. The number of nitrogens with one attached hydrogen (secondary N) is 1. The first-order valence-electron chi connectivity index (χ1n) is 6.70. The van der Waals surface area contributed by atoms with Crippen molar-refractivity contribution in [2.45, 2.75) is 20.3 Å². The molecule has 20 heavy (non-hydrogen) atoms. The number of anilines is 1. The Morgan fingerprint density at radius 2 is 2.00 bits per heavy atom. The fourth-order valence-corrected chi connectivity index (χ4v) is 2.27. The Morgan fingerprint density at radius 1 is 1.15 bits per heavy atom. The highest BCUT2D eigenvalue weighted by molar-refractivity contribution is 5.61. The first-order valence-corrected chi connectivity index (χ1v) is 6.70. The second-order valence-corrected chi connectivity index (χ2v) is 4.82. The Labute approximate surface area is 117 Å². The Hall–Kier alpha value is -2.43. The van der Waals surface area contributed by atoms with Crippen molar-refractivity contribution in [3.05, 3.63) is 53.6 Å². The quantitative estimate of drug-likeness (QED) is 0.788. The van der Waals surface area contributed by atoms with Crippen LogP contribution in [-0.4, -0.2) is 26.1 Å². The summed E-state index contributed by atoms with van der Waals surface area (Å²) in [7, 11) is 0. The van der Waals surface area contributed by atoms with Crippen LogP contribution in [0.3, 0.4) is 0 Å². The van der Waals surface area contributed by atoms with Gasteiger partial charge in [-0.15, -0.1) is 10.2 Å². The third kappa shape index (κ3) is 2.34. The van der Waals surface area contributed by atoms with Crippen LogP contribution in [0.2, 0.25) is 0 Å². The lowest BCUT2D eigenvalue weighted by Gasteiger charge is -2.08. The summed E-state index contributed by atoms with van der Waals surface area (Å²) in [5, 5.41) is 11.6. The van der Waals surface area contributed by atoms with Gasteiger partial charge in [0.15, 0.2) is 5.82 Å². The standard InChI is InChI=1S/C15H17N5/c1-11-5-3-4-6-13(11)7-8-16-14-15-19-18-12(2)20(15)10-9-17-14/h3-6,9-10H,7-8H2,1-2H3,(H,16,17). The summed E-state index contributed by atoms with van der Waals surface area (Å²) in [5.74, 6) is 1.64. The van der Waals surface area contributed by atoms with E-state index in [4.69, 9.17) is 0 Å². The molecule has 3 rings (SSSR count). The normalized spacial score (nSPS) is 10.9. The topological polar surface area (TPSA) is 55.1 Å². The molecular formula is C15H17N5. The molecule has 3 aromatic rings. The SMILES string of the molecule is Cc1ccccc1CCNc1nccn2c(C)nnc12. The molecule has 0 bridgehead atoms. The van der Waals surface area contributed by atoms with Gasteiger partial charge < -0.3 is 5.32 Å². The molecular weight excluding hydrogens is 250 g/mol. The lowest BCUT2D eigenvalue weighted by atomic mass is 10.1. The lowest BCUT2D eigenvalue weighted by molar-refractivity contribution is 0.981. The average Bonchev–Trinajstić information content (AvgIpc) is 2.84. The van der Waals surface area contributed by atoms with Crippen molar-refractivity contribution in [1.29, 1.82) is 0 Å². The van der Waals surface area contributed by atoms with E-state index in [9.17, 15) is 0 Å². The van der Waals surface area contributed by atoms with E-state index in [1.165, 1.54) is 11.1 Å². The maximum Gasteiger partial charge on any atom is 0.203 e. The van der Waals surface area contributed by atoms with E-state index in [2.05, 4.69) is 51.7 Å². The molecule has 0 unspecified atom stereocenters. The van der Waals surface area contributed by atoms with Crippen LogP contribution in [-0.2, 0) is 6.42 Å². The molecule has 0 aliphatic rings. The van der Waals surface area contributed by atoms with Crippen molar-refractivity contribution >= 4 is 11.5 Å². The van der Waals surface area contributed by atoms with Crippen LogP contribution >= 0.6 is 0 Å². The van der Waals surface area contributed by atoms with Gasteiger partial charge in [-0.25, -0.2) is 4.98 Å². The number of hydrogen-bond donors (Lipinski definition) is 1. The Morgan fingerprint density at radius 3 is 2.85 bits per heavy atom. The molecule has 0 aliphatic heterocycles. The van der Waals surface area contributed by atoms with Gasteiger partial charge in [0, 0.05) is 18.9 Å². The predicted octanol–water partition coefficient (Wildman–Crippen LogP) is 2.40. The monoisotopic (exact) mass is 267 g/mol. The van der Waals surface area contributed by atoms with Gasteiger partial charge in [-0.05, 0) is 31.4 Å². The van der Waals surface area contributed by atoms with Crippen molar-refractivity contribution in [2.24, 2.45) is 0 Å². The molecule has 0 aliphatic carbocycles. The third-order valence-electron chi connectivity index (χ3n) is 3.45. The van der Waals surface area contributed by atoms with Gasteiger partial charge in [-0.3, -0.25) is 4.40 Å². The molecule has 5 heteroatoms. The van der Waals surface area contributed by atoms with Crippen LogP contribution in [0.25, 0.3) is 5.65 Å². The number of benzene rings is 1. The summed E-state index contributed by atoms with van der Waals surface area (Å²) in [5.41, 5.74) is 3.44. The maximum atomic E-state index is 4.34. The largest absolute Gasteiger partial charge is 0.367 e. The van der Waals surface area contributed by atoms with E-state index < -0.39 is 0 Å². The Bertz CT molecular complexity index is 732. The van der Waals surface area contributed by atoms with Gasteiger partial charge >= 0.3 is 0 Å². The minimum atomic E-state index is 0.773. The second kappa shape index (κ2) is 5.28. The van der Waals surface area contributed by atoms with Gasteiger partial charge in [0.2, 0.25) is 5.65 Å². The average molecular weight is 267 g/mol. The molecule has 0 spiro atoms. The molecule has 2 aromatic heterocycles. The third-order valence-corrected chi connectivity index (χ3v) is 3.45. The molecule has 1 N–H and O–H groups in total. The molecule has 0 fully saturated rings. The zero-order valence-corrected chi connectivity index (χ0v) is 11.7. The molecule has 0 saturated carbocycles. The van der Waals surface area contributed by atoms with Gasteiger partial charge in [0.25, 0.3) is 0 Å². The maximum absolute atomic E-state index is 4.34. The second-order valence-electron chi connectivity index (χ2n) is 4.82. The summed E-state index contributed by atoms with van der Waals surface area (Å²) in [6.07, 6.45) is 4.60. The first kappa shape index (κ1) is 12.6. The minimum absolute atomic E-state index is 0.773. The van der Waals surface area contributed by atoms with E-state index in [1.54, 1.807) is 6.20 Å². The van der Waals surface area contributed by atoms with Crippen molar-refractivity contribution in [2.75, 3.05) is 11.9 Å². The van der Waals surface area contributed by atoms with Gasteiger partial charge in [-0.1, -0.05) is 24.3 Å². The van der Waals surface area contributed by atoms with Crippen LogP contribution in [0.15, 0.2) is 36.7 Å². The zero-order valence-electron chi connectivity index (χ0n) is 11.7. The number of rotatable bonds is 4. The number of nitrogens with zero attached hydrogens (tertiary/aromatic N) is 4. The summed E-state index contributed by atoms with van der Waals surface area (Å²) in [6.45, 7) is 4.89. The number of aromatic nitrogens is 4. The molecule has 0 radical (unpaired) electrons. The van der Waals surface area contributed by atoms with Crippen LogP contribution in [0.4, 0.5) is 5.82 Å². The fourth-order valence-electron chi connectivity index (χ4n) is 2.27. The van der Waals surface area contributed by atoms with Crippen LogP contribution < -0.4 is 5.32 Å². The highest BCUT2D eigenvalue weighted by Gasteiger charge is 2.07. The molecule has 102 valence electrons. The molecule has 1 aromatic carbocycles. The fraction of sp³-hybridized carbons (Fsp3) is 0.267. The van der Waals surface area contributed by atoms with E-state index in [-0.39, 0.29) is 0 Å². The van der Waals surface area contributed by atoms with Crippen LogP contribution in [0.5, 0.6) is 0 Å². The molecule has 2 heterocycles. The smallest absolute Gasteiger partial charge is 0.203 e. The van der Waals surface area contributed by atoms with E-state index in [0.29, 0.717) is 0 Å². The van der Waals surface area contributed by atoms with Crippen molar-refractivity contribution in [1.82, 2.24) is 19.6 Å². The highest BCUT2D eigenvalue weighted by atomic mass is 15.3. The van der Waals surface area contributed by atoms with Crippen molar-refractivity contribution < 1.29 is 0 Å².